The number of benzene rings is 1. The molecule has 0 bridgehead atoms. The molecule has 1 aromatic carbocycles. The number of nitrogens with one attached hydrogen (secondary N) is 1. The summed E-state index contributed by atoms with van der Waals surface area (Å²) in [4.78, 5) is 0. The van der Waals surface area contributed by atoms with Crippen LogP contribution in [0.25, 0.3) is 0 Å². The van der Waals surface area contributed by atoms with Gasteiger partial charge in [-0.15, -0.1) is 0 Å². The predicted molar refractivity (Wildman–Crippen MR) is 78.7 cm³/mol. The van der Waals surface area contributed by atoms with Gasteiger partial charge in [0.1, 0.15) is 11.6 Å². The van der Waals surface area contributed by atoms with Crippen LogP contribution in [0.3, 0.4) is 0 Å². The van der Waals surface area contributed by atoms with Crippen molar-refractivity contribution in [2.24, 2.45) is 5.84 Å². The zero-order valence-corrected chi connectivity index (χ0v) is 13.4. The van der Waals surface area contributed by atoms with Crippen LogP contribution in [0.1, 0.15) is 18.4 Å². The first-order valence-electron chi connectivity index (χ1n) is 6.75. The van der Waals surface area contributed by atoms with Crippen LogP contribution in [0.4, 0.5) is 8.78 Å². The third-order valence-electron chi connectivity index (χ3n) is 4.13. The largest absolute Gasteiger partial charge is 0.381 e. The van der Waals surface area contributed by atoms with Crippen molar-refractivity contribution in [1.82, 2.24) is 5.43 Å². The van der Waals surface area contributed by atoms with E-state index in [0.29, 0.717) is 26.1 Å². The van der Waals surface area contributed by atoms with Crippen molar-refractivity contribution in [3.63, 3.8) is 0 Å². The standard InChI is InChI=1S/C14H19BrF2N2O2/c1-20-14(4-6-21-7-5-14)12(19-18)8-9-11(16)3-2-10(15)13(9)17/h2-3,12,19H,4-8,18H2,1H3. The first kappa shape index (κ1) is 16.8. The summed E-state index contributed by atoms with van der Waals surface area (Å²) in [5.74, 6) is 4.43. The summed E-state index contributed by atoms with van der Waals surface area (Å²) in [5.41, 5.74) is 2.06. The summed E-state index contributed by atoms with van der Waals surface area (Å²) >= 11 is 3.07. The number of halogens is 3. The van der Waals surface area contributed by atoms with E-state index >= 15 is 0 Å². The molecule has 1 aliphatic rings. The van der Waals surface area contributed by atoms with Gasteiger partial charge in [0.2, 0.25) is 0 Å². The predicted octanol–water partition coefficient (Wildman–Crippen LogP) is 2.30. The lowest BCUT2D eigenvalue weighted by Gasteiger charge is -2.42. The van der Waals surface area contributed by atoms with E-state index in [1.807, 2.05) is 0 Å². The molecule has 118 valence electrons. The third kappa shape index (κ3) is 3.43. The summed E-state index contributed by atoms with van der Waals surface area (Å²) in [5, 5.41) is 0. The first-order chi connectivity index (χ1) is 10.0. The maximum absolute atomic E-state index is 14.1. The van der Waals surface area contributed by atoms with Gasteiger partial charge in [-0.3, -0.25) is 11.3 Å². The van der Waals surface area contributed by atoms with Gasteiger partial charge in [0.25, 0.3) is 0 Å². The zero-order chi connectivity index (χ0) is 15.5. The van der Waals surface area contributed by atoms with Crippen LogP contribution in [0.2, 0.25) is 0 Å². The molecule has 1 aliphatic heterocycles. The molecular formula is C14H19BrF2N2O2. The van der Waals surface area contributed by atoms with E-state index in [9.17, 15) is 8.78 Å². The van der Waals surface area contributed by atoms with E-state index in [1.165, 1.54) is 12.1 Å². The minimum Gasteiger partial charge on any atom is -0.381 e. The molecule has 0 radical (unpaired) electrons. The molecule has 2 rings (SSSR count). The number of ether oxygens (including phenoxy) is 2. The number of nitrogens with two attached hydrogens (primary N) is 1. The maximum atomic E-state index is 14.1. The number of methoxy groups -OCH3 is 1. The van der Waals surface area contributed by atoms with Crippen molar-refractivity contribution >= 4 is 15.9 Å². The molecule has 1 heterocycles. The lowest BCUT2D eigenvalue weighted by Crippen LogP contribution is -2.58. The smallest absolute Gasteiger partial charge is 0.143 e. The van der Waals surface area contributed by atoms with Gasteiger partial charge >= 0.3 is 0 Å². The lowest BCUT2D eigenvalue weighted by molar-refractivity contribution is -0.110. The normalized spacial score (nSPS) is 19.5. The molecule has 0 aromatic heterocycles. The summed E-state index contributed by atoms with van der Waals surface area (Å²) in [6.07, 6.45) is 1.34. The Balaban J connectivity index is 2.28. The van der Waals surface area contributed by atoms with Crippen molar-refractivity contribution in [2.45, 2.75) is 30.9 Å². The van der Waals surface area contributed by atoms with E-state index in [2.05, 4.69) is 21.4 Å². The van der Waals surface area contributed by atoms with Crippen LogP contribution < -0.4 is 11.3 Å². The Morgan fingerprint density at radius 2 is 2.10 bits per heavy atom. The second kappa shape index (κ2) is 7.11. The minimum atomic E-state index is -0.603. The van der Waals surface area contributed by atoms with Crippen molar-refractivity contribution < 1.29 is 18.3 Å². The Labute approximate surface area is 131 Å². The summed E-state index contributed by atoms with van der Waals surface area (Å²) in [7, 11) is 1.59. The number of rotatable bonds is 5. The molecule has 0 aliphatic carbocycles. The van der Waals surface area contributed by atoms with Gasteiger partial charge in [0.05, 0.1) is 16.1 Å². The van der Waals surface area contributed by atoms with Gasteiger partial charge < -0.3 is 9.47 Å². The Bertz CT molecular complexity index is 496. The highest BCUT2D eigenvalue weighted by atomic mass is 79.9. The highest BCUT2D eigenvalue weighted by Gasteiger charge is 2.41. The molecule has 21 heavy (non-hydrogen) atoms. The molecule has 1 aromatic rings. The topological polar surface area (TPSA) is 56.5 Å². The molecule has 7 heteroatoms. The van der Waals surface area contributed by atoms with Crippen LogP contribution in [0.15, 0.2) is 16.6 Å². The van der Waals surface area contributed by atoms with Crippen LogP contribution in [-0.4, -0.2) is 32.0 Å². The molecule has 1 unspecified atom stereocenters. The highest BCUT2D eigenvalue weighted by molar-refractivity contribution is 9.10. The highest BCUT2D eigenvalue weighted by Crippen LogP contribution is 2.32. The fraction of sp³-hybridized carbons (Fsp3) is 0.571. The average Bonchev–Trinajstić information content (AvgIpc) is 2.52. The van der Waals surface area contributed by atoms with E-state index in [-0.39, 0.29) is 16.5 Å². The average molecular weight is 365 g/mol. The summed E-state index contributed by atoms with van der Waals surface area (Å²) in [6.45, 7) is 1.07. The van der Waals surface area contributed by atoms with Gasteiger partial charge in [-0.25, -0.2) is 8.78 Å². The SMILES string of the molecule is COC1(C(Cc2c(F)ccc(Br)c2F)NN)CCOCC1. The van der Waals surface area contributed by atoms with E-state index in [1.54, 1.807) is 7.11 Å². The fourth-order valence-electron chi connectivity index (χ4n) is 2.77. The first-order valence-corrected chi connectivity index (χ1v) is 7.55. The monoisotopic (exact) mass is 364 g/mol. The number of hydrazine groups is 1. The summed E-state index contributed by atoms with van der Waals surface area (Å²) < 4.78 is 39.3. The van der Waals surface area contributed by atoms with Gasteiger partial charge in [-0.2, -0.15) is 0 Å². The Hall–Kier alpha value is -0.600. The molecule has 3 N–H and O–H groups in total. The number of hydrogen-bond acceptors (Lipinski definition) is 4. The fourth-order valence-corrected chi connectivity index (χ4v) is 3.14. The molecule has 1 fully saturated rings. The summed E-state index contributed by atoms with van der Waals surface area (Å²) in [6, 6.07) is 2.17. The quantitative estimate of drug-likeness (QED) is 0.478. The van der Waals surface area contributed by atoms with Crippen LogP contribution >= 0.6 is 15.9 Å². The van der Waals surface area contributed by atoms with E-state index in [4.69, 9.17) is 15.3 Å². The van der Waals surface area contributed by atoms with Gasteiger partial charge in [-0.1, -0.05) is 0 Å². The molecule has 0 saturated carbocycles. The van der Waals surface area contributed by atoms with Gasteiger partial charge in [0, 0.05) is 38.7 Å². The Morgan fingerprint density at radius 3 is 2.67 bits per heavy atom. The second-order valence-electron chi connectivity index (χ2n) is 5.13. The molecule has 4 nitrogen and oxygen atoms in total. The molecule has 1 saturated heterocycles. The lowest BCUT2D eigenvalue weighted by atomic mass is 9.83. The van der Waals surface area contributed by atoms with Crippen LogP contribution in [0, 0.1) is 11.6 Å². The Kier molecular flexibility index (Phi) is 5.67. The molecule has 1 atom stereocenters. The van der Waals surface area contributed by atoms with Crippen molar-refractivity contribution in [1.29, 1.82) is 0 Å². The number of hydrogen-bond donors (Lipinski definition) is 2. The van der Waals surface area contributed by atoms with Gasteiger partial charge in [0.15, 0.2) is 0 Å². The molecule has 0 amide bonds. The van der Waals surface area contributed by atoms with Crippen molar-refractivity contribution in [2.75, 3.05) is 20.3 Å². The van der Waals surface area contributed by atoms with Crippen LogP contribution in [0.5, 0.6) is 0 Å². The van der Waals surface area contributed by atoms with E-state index < -0.39 is 23.3 Å². The van der Waals surface area contributed by atoms with Crippen LogP contribution in [-0.2, 0) is 15.9 Å². The van der Waals surface area contributed by atoms with Crippen molar-refractivity contribution in [3.8, 4) is 0 Å². The molecule has 0 spiro atoms. The third-order valence-corrected chi connectivity index (χ3v) is 4.74. The Morgan fingerprint density at radius 1 is 1.43 bits per heavy atom. The second-order valence-corrected chi connectivity index (χ2v) is 5.98. The maximum Gasteiger partial charge on any atom is 0.143 e. The molecular weight excluding hydrogens is 346 g/mol. The van der Waals surface area contributed by atoms with E-state index in [0.717, 1.165) is 0 Å². The zero-order valence-electron chi connectivity index (χ0n) is 11.8. The van der Waals surface area contributed by atoms with Crippen molar-refractivity contribution in [3.05, 3.63) is 33.8 Å². The minimum absolute atomic E-state index is 0.00441. The van der Waals surface area contributed by atoms with Gasteiger partial charge in [-0.05, 0) is 34.5 Å².